The van der Waals surface area contributed by atoms with Crippen LogP contribution in [0.2, 0.25) is 0 Å². The van der Waals surface area contributed by atoms with Crippen molar-refractivity contribution in [2.24, 2.45) is 0 Å². The predicted octanol–water partition coefficient (Wildman–Crippen LogP) is 4.26. The summed E-state index contributed by atoms with van der Waals surface area (Å²) in [6.07, 6.45) is 0. The molecule has 31 heavy (non-hydrogen) atoms. The second-order valence-electron chi connectivity index (χ2n) is 6.98. The van der Waals surface area contributed by atoms with Crippen LogP contribution in [-0.4, -0.2) is 33.1 Å². The van der Waals surface area contributed by atoms with Crippen LogP contribution in [-0.2, 0) is 4.74 Å². The molecule has 7 nitrogen and oxygen atoms in total. The number of aromatic hydroxyl groups is 1. The summed E-state index contributed by atoms with van der Waals surface area (Å²) in [5.74, 6) is 0.739. The molecule has 0 unspecified atom stereocenters. The summed E-state index contributed by atoms with van der Waals surface area (Å²) in [4.78, 5) is 25.5. The van der Waals surface area contributed by atoms with E-state index in [9.17, 15) is 9.90 Å². The third-order valence-electron chi connectivity index (χ3n) is 4.80. The minimum atomic E-state index is -0.426. The molecule has 3 N–H and O–H groups in total. The van der Waals surface area contributed by atoms with Crippen LogP contribution in [0.15, 0.2) is 66.7 Å². The Bertz CT molecular complexity index is 1270. The van der Waals surface area contributed by atoms with E-state index in [1.807, 2.05) is 31.2 Å². The van der Waals surface area contributed by atoms with Gasteiger partial charge >= 0.3 is 5.97 Å². The van der Waals surface area contributed by atoms with Crippen LogP contribution in [0.3, 0.4) is 0 Å². The zero-order chi connectivity index (χ0) is 22.0. The number of phenols is 1. The van der Waals surface area contributed by atoms with E-state index in [0.717, 1.165) is 5.56 Å². The van der Waals surface area contributed by atoms with Crippen molar-refractivity contribution in [2.75, 3.05) is 12.8 Å². The maximum Gasteiger partial charge on any atom is 0.337 e. The Morgan fingerprint density at radius 3 is 2.16 bits per heavy atom. The number of aryl methyl sites for hydroxylation is 1. The van der Waals surface area contributed by atoms with Crippen molar-refractivity contribution < 1.29 is 14.6 Å². The quantitative estimate of drug-likeness (QED) is 0.381. The molecule has 1 heterocycles. The molecule has 0 bridgehead atoms. The van der Waals surface area contributed by atoms with Gasteiger partial charge in [0.25, 0.3) is 0 Å². The zero-order valence-electron chi connectivity index (χ0n) is 17.0. The number of carbonyl (C=O) groups excluding carboxylic acids is 1. The summed E-state index contributed by atoms with van der Waals surface area (Å²) in [6, 6.07) is 19.3. The summed E-state index contributed by atoms with van der Waals surface area (Å²) in [7, 11) is 1.33. The van der Waals surface area contributed by atoms with Gasteiger partial charge in [-0.15, -0.1) is 0 Å². The van der Waals surface area contributed by atoms with Gasteiger partial charge in [-0.05, 0) is 48.9 Å². The van der Waals surface area contributed by atoms with Gasteiger partial charge in [0.05, 0.1) is 18.2 Å². The van der Waals surface area contributed by atoms with Crippen molar-refractivity contribution in [2.45, 2.75) is 6.92 Å². The van der Waals surface area contributed by atoms with Crippen LogP contribution in [0.5, 0.6) is 5.75 Å². The minimum absolute atomic E-state index is 0.0742. The maximum atomic E-state index is 11.7. The second kappa shape index (κ2) is 8.23. The van der Waals surface area contributed by atoms with Crippen molar-refractivity contribution in [1.29, 1.82) is 0 Å². The molecule has 0 aliphatic carbocycles. The number of methoxy groups -OCH3 is 1. The molecule has 4 rings (SSSR count). The summed E-state index contributed by atoms with van der Waals surface area (Å²) in [5, 5.41) is 10.5. The maximum absolute atomic E-state index is 11.7. The molecule has 0 saturated heterocycles. The molecule has 0 radical (unpaired) electrons. The molecule has 7 heteroatoms. The topological polar surface area (TPSA) is 111 Å². The fourth-order valence-corrected chi connectivity index (χ4v) is 3.15. The summed E-state index contributed by atoms with van der Waals surface area (Å²) < 4.78 is 4.75. The van der Waals surface area contributed by atoms with Gasteiger partial charge in [0.2, 0.25) is 0 Å². The van der Waals surface area contributed by atoms with Crippen LogP contribution in [0, 0.1) is 6.92 Å². The molecule has 0 aliphatic rings. The Balaban J connectivity index is 1.89. The molecule has 4 aromatic rings. The van der Waals surface area contributed by atoms with Gasteiger partial charge in [-0.1, -0.05) is 30.3 Å². The number of esters is 1. The highest BCUT2D eigenvalue weighted by atomic mass is 16.5. The van der Waals surface area contributed by atoms with Crippen molar-refractivity contribution in [3.63, 3.8) is 0 Å². The number of rotatable bonds is 4. The number of anilines is 1. The largest absolute Gasteiger partial charge is 0.507 e. The fraction of sp³-hybridized carbons (Fsp3) is 0.0833. The minimum Gasteiger partial charge on any atom is -0.507 e. The molecule has 0 spiro atoms. The van der Waals surface area contributed by atoms with Gasteiger partial charge in [0.15, 0.2) is 17.5 Å². The number of phenolic OH excluding ortho intramolecular Hbond substituents is 1. The van der Waals surface area contributed by atoms with E-state index in [0.29, 0.717) is 45.4 Å². The summed E-state index contributed by atoms with van der Waals surface area (Å²) in [5.41, 5.74) is 9.83. The Morgan fingerprint density at radius 2 is 1.52 bits per heavy atom. The van der Waals surface area contributed by atoms with Gasteiger partial charge < -0.3 is 15.6 Å². The third kappa shape index (κ3) is 4.06. The number of ether oxygens (including phenoxy) is 1. The van der Waals surface area contributed by atoms with E-state index in [-0.39, 0.29) is 5.75 Å². The average molecular weight is 412 g/mol. The molecular weight excluding hydrogens is 392 g/mol. The molecule has 154 valence electrons. The Morgan fingerprint density at radius 1 is 0.871 bits per heavy atom. The first-order valence-corrected chi connectivity index (χ1v) is 9.56. The first-order chi connectivity index (χ1) is 15.0. The standard InChI is InChI=1S/C24H20N4O3/c1-14-7-12-18(20(29)13-14)23-27-21(15-8-10-16(11-9-15)24(30)31-2)26-22(28-23)17-5-3-4-6-19(17)25/h3-13,29H,25H2,1-2H3. The van der Waals surface area contributed by atoms with Crippen LogP contribution in [0.25, 0.3) is 34.2 Å². The van der Waals surface area contributed by atoms with Crippen LogP contribution in [0.4, 0.5) is 5.69 Å². The number of nitrogens with two attached hydrogens (primary N) is 1. The SMILES string of the molecule is COC(=O)c1ccc(-c2nc(-c3ccccc3N)nc(-c3ccc(C)cc3O)n2)cc1. The molecule has 1 aromatic heterocycles. The van der Waals surface area contributed by atoms with Crippen molar-refractivity contribution in [3.05, 3.63) is 77.9 Å². The number of hydrogen-bond donors (Lipinski definition) is 2. The average Bonchev–Trinajstić information content (AvgIpc) is 2.78. The first-order valence-electron chi connectivity index (χ1n) is 9.56. The monoisotopic (exact) mass is 412 g/mol. The van der Waals surface area contributed by atoms with Crippen molar-refractivity contribution in [3.8, 4) is 39.9 Å². The van der Waals surface area contributed by atoms with E-state index in [4.69, 9.17) is 10.5 Å². The zero-order valence-corrected chi connectivity index (χ0v) is 17.0. The number of carbonyl (C=O) groups is 1. The Labute approximate surface area is 179 Å². The smallest absolute Gasteiger partial charge is 0.337 e. The number of hydrogen-bond acceptors (Lipinski definition) is 7. The van der Waals surface area contributed by atoms with Gasteiger partial charge in [-0.3, -0.25) is 0 Å². The van der Waals surface area contributed by atoms with Crippen molar-refractivity contribution >= 4 is 11.7 Å². The normalized spacial score (nSPS) is 10.6. The fourth-order valence-electron chi connectivity index (χ4n) is 3.15. The number of nitrogen functional groups attached to an aromatic ring is 1. The van der Waals surface area contributed by atoms with E-state index in [1.54, 1.807) is 42.5 Å². The number of nitrogens with zero attached hydrogens (tertiary/aromatic N) is 3. The van der Waals surface area contributed by atoms with Gasteiger partial charge in [0, 0.05) is 16.8 Å². The van der Waals surface area contributed by atoms with Crippen LogP contribution < -0.4 is 5.73 Å². The lowest BCUT2D eigenvalue weighted by molar-refractivity contribution is 0.0600. The van der Waals surface area contributed by atoms with Crippen molar-refractivity contribution in [1.82, 2.24) is 15.0 Å². The lowest BCUT2D eigenvalue weighted by Crippen LogP contribution is -2.03. The highest BCUT2D eigenvalue weighted by Crippen LogP contribution is 2.31. The lowest BCUT2D eigenvalue weighted by Gasteiger charge is -2.11. The molecule has 0 fully saturated rings. The number of para-hydroxylation sites is 1. The van der Waals surface area contributed by atoms with Gasteiger partial charge in [-0.25, -0.2) is 19.7 Å². The molecule has 0 saturated carbocycles. The molecule has 0 aliphatic heterocycles. The number of benzene rings is 3. The molecule has 3 aromatic carbocycles. The molecule has 0 atom stereocenters. The third-order valence-corrected chi connectivity index (χ3v) is 4.80. The number of aromatic nitrogens is 3. The second-order valence-corrected chi connectivity index (χ2v) is 6.98. The van der Waals surface area contributed by atoms with Gasteiger partial charge in [0.1, 0.15) is 5.75 Å². The van der Waals surface area contributed by atoms with Crippen LogP contribution >= 0.6 is 0 Å². The summed E-state index contributed by atoms with van der Waals surface area (Å²) >= 11 is 0. The lowest BCUT2D eigenvalue weighted by atomic mass is 10.1. The Hall–Kier alpha value is -4.26. The van der Waals surface area contributed by atoms with E-state index in [2.05, 4.69) is 15.0 Å². The van der Waals surface area contributed by atoms with Gasteiger partial charge in [-0.2, -0.15) is 0 Å². The van der Waals surface area contributed by atoms with E-state index < -0.39 is 5.97 Å². The summed E-state index contributed by atoms with van der Waals surface area (Å²) in [6.45, 7) is 1.89. The highest BCUT2D eigenvalue weighted by molar-refractivity contribution is 5.89. The molecular formula is C24H20N4O3. The predicted molar refractivity (Wildman–Crippen MR) is 118 cm³/mol. The van der Waals surface area contributed by atoms with E-state index in [1.165, 1.54) is 7.11 Å². The van der Waals surface area contributed by atoms with Crippen LogP contribution in [0.1, 0.15) is 15.9 Å². The first kappa shape index (κ1) is 20.0. The van der Waals surface area contributed by atoms with E-state index >= 15 is 0 Å². The molecule has 0 amide bonds. The highest BCUT2D eigenvalue weighted by Gasteiger charge is 2.16. The Kier molecular flexibility index (Phi) is 5.32.